The van der Waals surface area contributed by atoms with E-state index >= 15 is 0 Å². The highest BCUT2D eigenvalue weighted by Crippen LogP contribution is 2.14. The number of nitrogens with one attached hydrogen (secondary N) is 1. The molecule has 1 saturated heterocycles. The van der Waals surface area contributed by atoms with Crippen molar-refractivity contribution in [3.63, 3.8) is 0 Å². The molecule has 2 N–H and O–H groups in total. The van der Waals surface area contributed by atoms with E-state index in [9.17, 15) is 14.0 Å². The summed E-state index contributed by atoms with van der Waals surface area (Å²) in [6.45, 7) is 8.36. The van der Waals surface area contributed by atoms with Crippen LogP contribution < -0.4 is 5.32 Å². The first-order chi connectivity index (χ1) is 11.3. The van der Waals surface area contributed by atoms with Crippen LogP contribution in [0.3, 0.4) is 0 Å². The third-order valence-electron chi connectivity index (χ3n) is 3.25. The Hall–Kier alpha value is -1.99. The number of ether oxygens (including phenoxy) is 1. The summed E-state index contributed by atoms with van der Waals surface area (Å²) in [4.78, 5) is 23.3. The number of hydrogen-bond acceptors (Lipinski definition) is 5. The second-order valence-electron chi connectivity index (χ2n) is 6.34. The van der Waals surface area contributed by atoms with E-state index in [0.29, 0.717) is 25.1 Å². The molecule has 0 saturated carbocycles. The number of aliphatic hydroxyl groups is 1. The molecule has 1 heterocycles. The highest BCUT2D eigenvalue weighted by Gasteiger charge is 2.21. The van der Waals surface area contributed by atoms with Crippen LogP contribution in [0, 0.1) is 5.82 Å². The van der Waals surface area contributed by atoms with Crippen LogP contribution in [-0.4, -0.2) is 54.2 Å². The normalized spacial score (nSPS) is 14.5. The highest BCUT2D eigenvalue weighted by molar-refractivity contribution is 5.94. The molecule has 0 bridgehead atoms. The quantitative estimate of drug-likeness (QED) is 0.812. The molecular formula is C17H25FN2O4. The summed E-state index contributed by atoms with van der Waals surface area (Å²) in [7, 11) is 0. The van der Waals surface area contributed by atoms with Gasteiger partial charge in [-0.05, 0) is 38.5 Å². The van der Waals surface area contributed by atoms with Crippen molar-refractivity contribution >= 4 is 12.4 Å². The SMILES string of the molecule is CC(C)(C)OC=O.O=C(c1cc(CO)ccc1F)N1CCNCC1. The second-order valence-corrected chi connectivity index (χ2v) is 6.34. The Morgan fingerprint density at radius 3 is 2.46 bits per heavy atom. The summed E-state index contributed by atoms with van der Waals surface area (Å²) in [6.07, 6.45) is 0. The molecule has 0 aliphatic carbocycles. The summed E-state index contributed by atoms with van der Waals surface area (Å²) in [5.74, 6) is -0.843. The van der Waals surface area contributed by atoms with Crippen molar-refractivity contribution in [1.29, 1.82) is 0 Å². The molecule has 0 spiro atoms. The summed E-state index contributed by atoms with van der Waals surface area (Å²) < 4.78 is 18.1. The molecular weight excluding hydrogens is 315 g/mol. The molecule has 7 heteroatoms. The minimum atomic E-state index is -0.536. The van der Waals surface area contributed by atoms with Crippen molar-refractivity contribution < 1.29 is 23.8 Å². The van der Waals surface area contributed by atoms with Crippen LogP contribution in [0.2, 0.25) is 0 Å². The zero-order valence-corrected chi connectivity index (χ0v) is 14.3. The van der Waals surface area contributed by atoms with Crippen molar-refractivity contribution in [3.8, 4) is 0 Å². The Bertz CT molecular complexity index is 552. The Morgan fingerprint density at radius 1 is 1.38 bits per heavy atom. The molecule has 0 aromatic heterocycles. The Kier molecular flexibility index (Phi) is 7.81. The Labute approximate surface area is 141 Å². The minimum Gasteiger partial charge on any atom is -0.462 e. The van der Waals surface area contributed by atoms with Crippen molar-refractivity contribution in [2.75, 3.05) is 26.2 Å². The van der Waals surface area contributed by atoms with Crippen molar-refractivity contribution in [3.05, 3.63) is 35.1 Å². The van der Waals surface area contributed by atoms with E-state index in [1.54, 1.807) is 4.90 Å². The zero-order valence-electron chi connectivity index (χ0n) is 14.3. The summed E-state index contributed by atoms with van der Waals surface area (Å²) in [5.41, 5.74) is 0.269. The monoisotopic (exact) mass is 340 g/mol. The number of piperazine rings is 1. The van der Waals surface area contributed by atoms with Gasteiger partial charge in [-0.15, -0.1) is 0 Å². The lowest BCUT2D eigenvalue weighted by molar-refractivity contribution is -0.138. The van der Waals surface area contributed by atoms with Crippen molar-refractivity contribution in [2.24, 2.45) is 0 Å². The number of aliphatic hydroxyl groups excluding tert-OH is 1. The fourth-order valence-electron chi connectivity index (χ4n) is 2.02. The standard InChI is InChI=1S/C12H15FN2O2.C5H10O2/c13-11-2-1-9(8-16)7-10(11)12(17)15-5-3-14-4-6-15;1-5(2,3)7-4-6/h1-2,7,14,16H,3-6,8H2;4H,1-3H3. The maximum Gasteiger partial charge on any atom is 0.293 e. The molecule has 1 aliphatic rings. The van der Waals surface area contributed by atoms with Crippen LogP contribution in [0.1, 0.15) is 36.7 Å². The molecule has 0 unspecified atom stereocenters. The van der Waals surface area contributed by atoms with E-state index < -0.39 is 5.82 Å². The van der Waals surface area contributed by atoms with Crippen molar-refractivity contribution in [2.45, 2.75) is 33.0 Å². The van der Waals surface area contributed by atoms with E-state index in [4.69, 9.17) is 5.11 Å². The van der Waals surface area contributed by atoms with Crippen LogP contribution in [0.5, 0.6) is 0 Å². The van der Waals surface area contributed by atoms with E-state index in [-0.39, 0.29) is 23.7 Å². The average Bonchev–Trinajstić information content (AvgIpc) is 2.55. The molecule has 1 fully saturated rings. The van der Waals surface area contributed by atoms with Crippen LogP contribution in [0.4, 0.5) is 4.39 Å². The van der Waals surface area contributed by atoms with Gasteiger partial charge >= 0.3 is 0 Å². The highest BCUT2D eigenvalue weighted by atomic mass is 19.1. The number of amides is 1. The topological polar surface area (TPSA) is 78.9 Å². The lowest BCUT2D eigenvalue weighted by Crippen LogP contribution is -2.46. The molecule has 1 aromatic carbocycles. The lowest BCUT2D eigenvalue weighted by atomic mass is 10.1. The summed E-state index contributed by atoms with van der Waals surface area (Å²) in [6, 6.07) is 4.12. The summed E-state index contributed by atoms with van der Waals surface area (Å²) in [5, 5.41) is 12.1. The first kappa shape index (κ1) is 20.1. The molecule has 134 valence electrons. The van der Waals surface area contributed by atoms with Gasteiger partial charge in [0.2, 0.25) is 0 Å². The van der Waals surface area contributed by atoms with Gasteiger partial charge in [0.1, 0.15) is 11.4 Å². The molecule has 1 aromatic rings. The largest absolute Gasteiger partial charge is 0.462 e. The minimum absolute atomic E-state index is 0.0402. The Balaban J connectivity index is 0.000000351. The maximum absolute atomic E-state index is 13.6. The number of hydrogen-bond donors (Lipinski definition) is 2. The van der Waals surface area contributed by atoms with Gasteiger partial charge in [-0.3, -0.25) is 9.59 Å². The lowest BCUT2D eigenvalue weighted by Gasteiger charge is -2.27. The Morgan fingerprint density at radius 2 is 2.00 bits per heavy atom. The first-order valence-corrected chi connectivity index (χ1v) is 7.79. The van der Waals surface area contributed by atoms with Gasteiger partial charge in [0, 0.05) is 26.2 Å². The van der Waals surface area contributed by atoms with Crippen LogP contribution >= 0.6 is 0 Å². The van der Waals surface area contributed by atoms with E-state index in [2.05, 4.69) is 10.1 Å². The number of nitrogens with zero attached hydrogens (tertiary/aromatic N) is 1. The molecule has 0 atom stereocenters. The molecule has 24 heavy (non-hydrogen) atoms. The van der Waals surface area contributed by atoms with Crippen LogP contribution in [-0.2, 0) is 16.1 Å². The number of benzene rings is 1. The molecule has 2 rings (SSSR count). The third-order valence-corrected chi connectivity index (χ3v) is 3.25. The number of carbonyl (C=O) groups excluding carboxylic acids is 2. The average molecular weight is 340 g/mol. The predicted molar refractivity (Wildman–Crippen MR) is 88.0 cm³/mol. The number of carbonyl (C=O) groups is 2. The van der Waals surface area contributed by atoms with Crippen molar-refractivity contribution in [1.82, 2.24) is 10.2 Å². The van der Waals surface area contributed by atoms with Gasteiger partial charge in [0.25, 0.3) is 12.4 Å². The zero-order chi connectivity index (χ0) is 18.2. The van der Waals surface area contributed by atoms with Gasteiger partial charge in [-0.2, -0.15) is 0 Å². The van der Waals surface area contributed by atoms with Gasteiger partial charge in [-0.1, -0.05) is 6.07 Å². The first-order valence-electron chi connectivity index (χ1n) is 7.79. The van der Waals surface area contributed by atoms with Gasteiger partial charge in [-0.25, -0.2) is 4.39 Å². The maximum atomic E-state index is 13.6. The van der Waals surface area contributed by atoms with Crippen LogP contribution in [0.25, 0.3) is 0 Å². The van der Waals surface area contributed by atoms with E-state index in [1.807, 2.05) is 20.8 Å². The van der Waals surface area contributed by atoms with Gasteiger partial charge < -0.3 is 20.1 Å². The molecule has 1 amide bonds. The predicted octanol–water partition coefficient (Wildman–Crippen LogP) is 1.32. The van der Waals surface area contributed by atoms with E-state index in [1.165, 1.54) is 18.2 Å². The summed E-state index contributed by atoms with van der Waals surface area (Å²) >= 11 is 0. The molecule has 1 aliphatic heterocycles. The fourth-order valence-corrected chi connectivity index (χ4v) is 2.02. The smallest absolute Gasteiger partial charge is 0.293 e. The van der Waals surface area contributed by atoms with E-state index in [0.717, 1.165) is 13.1 Å². The second kappa shape index (κ2) is 9.34. The molecule has 0 radical (unpaired) electrons. The van der Waals surface area contributed by atoms with Gasteiger partial charge in [0.05, 0.1) is 12.2 Å². The van der Waals surface area contributed by atoms with Gasteiger partial charge in [0.15, 0.2) is 0 Å². The number of rotatable bonds is 3. The molecule has 6 nitrogen and oxygen atoms in total. The van der Waals surface area contributed by atoms with Crippen LogP contribution in [0.15, 0.2) is 18.2 Å². The third kappa shape index (κ3) is 6.64. The fraction of sp³-hybridized carbons (Fsp3) is 0.529. The number of halogens is 1.